The standard InChI is InChI=1S/C9H17NO2/c1-7(2)12-9(11)8-4-3-5-10-6-8/h7-8,10H,3-6H2,1-2H3. The van der Waals surface area contributed by atoms with Crippen LogP contribution in [0.2, 0.25) is 0 Å². The molecule has 1 aliphatic heterocycles. The maximum absolute atomic E-state index is 11.3. The van der Waals surface area contributed by atoms with Crippen LogP contribution in [0.5, 0.6) is 0 Å². The monoisotopic (exact) mass is 171 g/mol. The molecule has 0 aromatic rings. The second-order valence-electron chi connectivity index (χ2n) is 3.53. The molecule has 0 aromatic carbocycles. The average Bonchev–Trinajstić information content (AvgIpc) is 2.05. The lowest BCUT2D eigenvalue weighted by Crippen LogP contribution is -2.36. The highest BCUT2D eigenvalue weighted by molar-refractivity contribution is 5.72. The minimum absolute atomic E-state index is 0.0134. The minimum Gasteiger partial charge on any atom is -0.463 e. The Morgan fingerprint density at radius 2 is 2.33 bits per heavy atom. The van der Waals surface area contributed by atoms with Crippen LogP contribution in [0.3, 0.4) is 0 Å². The van der Waals surface area contributed by atoms with Crippen molar-refractivity contribution in [3.05, 3.63) is 0 Å². The van der Waals surface area contributed by atoms with Crippen LogP contribution in [0.25, 0.3) is 0 Å². The van der Waals surface area contributed by atoms with Crippen molar-refractivity contribution in [2.24, 2.45) is 5.92 Å². The van der Waals surface area contributed by atoms with Gasteiger partial charge in [0.25, 0.3) is 0 Å². The van der Waals surface area contributed by atoms with E-state index in [1.54, 1.807) is 0 Å². The summed E-state index contributed by atoms with van der Waals surface area (Å²) in [6.45, 7) is 5.58. The second-order valence-corrected chi connectivity index (χ2v) is 3.53. The molecule has 0 saturated carbocycles. The van der Waals surface area contributed by atoms with Crippen molar-refractivity contribution in [3.63, 3.8) is 0 Å². The zero-order chi connectivity index (χ0) is 8.97. The molecule has 0 spiro atoms. The number of esters is 1. The van der Waals surface area contributed by atoms with Crippen molar-refractivity contribution in [1.29, 1.82) is 0 Å². The molecule has 3 heteroatoms. The summed E-state index contributed by atoms with van der Waals surface area (Å²) < 4.78 is 5.11. The maximum Gasteiger partial charge on any atom is 0.310 e. The molecular formula is C9H17NO2. The van der Waals surface area contributed by atoms with Gasteiger partial charge in [0, 0.05) is 6.54 Å². The van der Waals surface area contributed by atoms with Crippen LogP contribution in [0.4, 0.5) is 0 Å². The highest BCUT2D eigenvalue weighted by atomic mass is 16.5. The molecule has 1 rings (SSSR count). The summed E-state index contributed by atoms with van der Waals surface area (Å²) in [7, 11) is 0. The first-order valence-electron chi connectivity index (χ1n) is 4.61. The zero-order valence-corrected chi connectivity index (χ0v) is 7.80. The van der Waals surface area contributed by atoms with Crippen LogP contribution in [-0.4, -0.2) is 25.2 Å². The SMILES string of the molecule is CC(C)OC(=O)C1CCCNC1. The van der Waals surface area contributed by atoms with E-state index < -0.39 is 0 Å². The highest BCUT2D eigenvalue weighted by Gasteiger charge is 2.22. The summed E-state index contributed by atoms with van der Waals surface area (Å²) in [4.78, 5) is 11.3. The molecule has 1 heterocycles. The summed E-state index contributed by atoms with van der Waals surface area (Å²) in [6.07, 6.45) is 2.07. The fourth-order valence-electron chi connectivity index (χ4n) is 1.38. The van der Waals surface area contributed by atoms with Crippen molar-refractivity contribution >= 4 is 5.97 Å². The average molecular weight is 171 g/mol. The van der Waals surface area contributed by atoms with Gasteiger partial charge in [-0.05, 0) is 33.2 Å². The Morgan fingerprint density at radius 3 is 2.83 bits per heavy atom. The van der Waals surface area contributed by atoms with E-state index in [4.69, 9.17) is 4.74 Å². The second kappa shape index (κ2) is 4.45. The minimum atomic E-state index is -0.0443. The van der Waals surface area contributed by atoms with E-state index >= 15 is 0 Å². The molecule has 0 aliphatic carbocycles. The Morgan fingerprint density at radius 1 is 1.58 bits per heavy atom. The molecule has 1 unspecified atom stereocenters. The van der Waals surface area contributed by atoms with Crippen LogP contribution in [0, 0.1) is 5.92 Å². The molecule has 1 fully saturated rings. The Balaban J connectivity index is 2.30. The van der Waals surface area contributed by atoms with Crippen molar-refractivity contribution in [1.82, 2.24) is 5.32 Å². The summed E-state index contributed by atoms with van der Waals surface area (Å²) in [6, 6.07) is 0. The predicted octanol–water partition coefficient (Wildman–Crippen LogP) is 0.938. The van der Waals surface area contributed by atoms with Gasteiger partial charge in [-0.25, -0.2) is 0 Å². The van der Waals surface area contributed by atoms with E-state index in [-0.39, 0.29) is 18.0 Å². The molecule has 12 heavy (non-hydrogen) atoms. The van der Waals surface area contributed by atoms with E-state index in [0.29, 0.717) is 0 Å². The van der Waals surface area contributed by atoms with E-state index in [1.165, 1.54) is 0 Å². The quantitative estimate of drug-likeness (QED) is 0.628. The largest absolute Gasteiger partial charge is 0.463 e. The Labute approximate surface area is 73.5 Å². The molecular weight excluding hydrogens is 154 g/mol. The van der Waals surface area contributed by atoms with Gasteiger partial charge in [0.15, 0.2) is 0 Å². The van der Waals surface area contributed by atoms with Crippen LogP contribution < -0.4 is 5.32 Å². The third kappa shape index (κ3) is 2.81. The van der Waals surface area contributed by atoms with E-state index in [1.807, 2.05) is 13.8 Å². The van der Waals surface area contributed by atoms with Crippen LogP contribution in [0.15, 0.2) is 0 Å². The number of ether oxygens (including phenoxy) is 1. The maximum atomic E-state index is 11.3. The topological polar surface area (TPSA) is 38.3 Å². The first-order chi connectivity index (χ1) is 5.70. The number of hydrogen-bond acceptors (Lipinski definition) is 3. The van der Waals surface area contributed by atoms with Crippen molar-refractivity contribution < 1.29 is 9.53 Å². The number of rotatable bonds is 2. The van der Waals surface area contributed by atoms with E-state index in [9.17, 15) is 4.79 Å². The molecule has 1 atom stereocenters. The van der Waals surface area contributed by atoms with Gasteiger partial charge in [-0.2, -0.15) is 0 Å². The van der Waals surface area contributed by atoms with E-state index in [0.717, 1.165) is 25.9 Å². The number of carbonyl (C=O) groups is 1. The lowest BCUT2D eigenvalue weighted by Gasteiger charge is -2.22. The summed E-state index contributed by atoms with van der Waals surface area (Å²) in [5.74, 6) is 0.0401. The van der Waals surface area contributed by atoms with E-state index in [2.05, 4.69) is 5.32 Å². The normalized spacial score (nSPS) is 24.1. The van der Waals surface area contributed by atoms with Crippen LogP contribution >= 0.6 is 0 Å². The molecule has 1 aliphatic rings. The van der Waals surface area contributed by atoms with Gasteiger partial charge in [0.2, 0.25) is 0 Å². The fourth-order valence-corrected chi connectivity index (χ4v) is 1.38. The van der Waals surface area contributed by atoms with Gasteiger partial charge < -0.3 is 10.1 Å². The number of hydrogen-bond donors (Lipinski definition) is 1. The lowest BCUT2D eigenvalue weighted by atomic mass is 10.0. The van der Waals surface area contributed by atoms with Crippen molar-refractivity contribution in [3.8, 4) is 0 Å². The fraction of sp³-hybridized carbons (Fsp3) is 0.889. The third-order valence-electron chi connectivity index (χ3n) is 1.98. The summed E-state index contributed by atoms with van der Waals surface area (Å²) in [5.41, 5.74) is 0. The van der Waals surface area contributed by atoms with Crippen LogP contribution in [0.1, 0.15) is 26.7 Å². The van der Waals surface area contributed by atoms with Gasteiger partial charge in [-0.15, -0.1) is 0 Å². The van der Waals surface area contributed by atoms with Gasteiger partial charge in [0.1, 0.15) is 0 Å². The molecule has 3 nitrogen and oxygen atoms in total. The van der Waals surface area contributed by atoms with Crippen molar-refractivity contribution in [2.75, 3.05) is 13.1 Å². The first kappa shape index (κ1) is 9.52. The Hall–Kier alpha value is -0.570. The predicted molar refractivity (Wildman–Crippen MR) is 46.8 cm³/mol. The zero-order valence-electron chi connectivity index (χ0n) is 7.80. The van der Waals surface area contributed by atoms with Gasteiger partial charge in [-0.3, -0.25) is 4.79 Å². The molecule has 0 bridgehead atoms. The number of piperidine rings is 1. The molecule has 1 saturated heterocycles. The van der Waals surface area contributed by atoms with Gasteiger partial charge >= 0.3 is 5.97 Å². The summed E-state index contributed by atoms with van der Waals surface area (Å²) >= 11 is 0. The first-order valence-corrected chi connectivity index (χ1v) is 4.61. The molecule has 0 radical (unpaired) electrons. The third-order valence-corrected chi connectivity index (χ3v) is 1.98. The molecule has 1 N–H and O–H groups in total. The Bertz CT molecular complexity index is 151. The molecule has 0 aromatic heterocycles. The number of nitrogens with one attached hydrogen (secondary N) is 1. The van der Waals surface area contributed by atoms with Crippen molar-refractivity contribution in [2.45, 2.75) is 32.8 Å². The molecule has 0 amide bonds. The highest BCUT2D eigenvalue weighted by Crippen LogP contribution is 2.12. The number of carbonyl (C=O) groups excluding carboxylic acids is 1. The summed E-state index contributed by atoms with van der Waals surface area (Å²) in [5, 5.41) is 3.19. The molecule has 70 valence electrons. The smallest absolute Gasteiger partial charge is 0.310 e. The Kier molecular flexibility index (Phi) is 3.53. The van der Waals surface area contributed by atoms with Gasteiger partial charge in [-0.1, -0.05) is 0 Å². The lowest BCUT2D eigenvalue weighted by molar-refractivity contribution is -0.152. The van der Waals surface area contributed by atoms with Crippen LogP contribution in [-0.2, 0) is 9.53 Å². The van der Waals surface area contributed by atoms with Gasteiger partial charge in [0.05, 0.1) is 12.0 Å².